The van der Waals surface area contributed by atoms with E-state index in [9.17, 15) is 17.6 Å². The van der Waals surface area contributed by atoms with Crippen molar-refractivity contribution in [2.75, 3.05) is 18.0 Å². The van der Waals surface area contributed by atoms with Crippen molar-refractivity contribution in [2.24, 2.45) is 11.7 Å². The number of rotatable bonds is 2. The smallest absolute Gasteiger partial charge is 0.354 e. The lowest BCUT2D eigenvalue weighted by molar-refractivity contribution is -0.176. The lowest BCUT2D eigenvalue weighted by atomic mass is 9.97. The van der Waals surface area contributed by atoms with E-state index in [1.807, 2.05) is 0 Å². The van der Waals surface area contributed by atoms with Crippen LogP contribution in [0.4, 0.5) is 23.4 Å². The maximum Gasteiger partial charge on any atom is 0.393 e. The summed E-state index contributed by atoms with van der Waals surface area (Å²) in [6.07, 6.45) is -2.42. The number of pyridine rings is 1. The zero-order chi connectivity index (χ0) is 14.0. The fraction of sp³-hybridized carbons (Fsp3) is 0.583. The van der Waals surface area contributed by atoms with Crippen LogP contribution in [0, 0.1) is 11.7 Å². The molecule has 1 aromatic heterocycles. The van der Waals surface area contributed by atoms with Gasteiger partial charge in [0.15, 0.2) is 11.6 Å². The van der Waals surface area contributed by atoms with Crippen LogP contribution in [0.5, 0.6) is 0 Å². The molecule has 2 heterocycles. The molecular weight excluding hydrogens is 262 g/mol. The van der Waals surface area contributed by atoms with Gasteiger partial charge < -0.3 is 10.6 Å². The van der Waals surface area contributed by atoms with Gasteiger partial charge in [-0.25, -0.2) is 9.37 Å². The summed E-state index contributed by atoms with van der Waals surface area (Å²) in [4.78, 5) is 5.21. The molecule has 1 fully saturated rings. The third-order valence-corrected chi connectivity index (χ3v) is 3.35. The van der Waals surface area contributed by atoms with E-state index in [0.29, 0.717) is 13.0 Å². The fourth-order valence-electron chi connectivity index (χ4n) is 2.29. The number of aromatic nitrogens is 1. The summed E-state index contributed by atoms with van der Waals surface area (Å²) in [6.45, 7) is 0.129. The monoisotopic (exact) mass is 277 g/mol. The molecule has 0 aliphatic carbocycles. The number of piperidine rings is 1. The summed E-state index contributed by atoms with van der Waals surface area (Å²) in [6, 6.07) is 1.43. The van der Waals surface area contributed by atoms with Crippen LogP contribution < -0.4 is 10.6 Å². The largest absolute Gasteiger partial charge is 0.393 e. The van der Waals surface area contributed by atoms with Crippen LogP contribution in [0.2, 0.25) is 0 Å². The predicted molar refractivity (Wildman–Crippen MR) is 63.1 cm³/mol. The molecule has 1 unspecified atom stereocenters. The minimum atomic E-state index is -4.25. The van der Waals surface area contributed by atoms with Crippen molar-refractivity contribution in [3.63, 3.8) is 0 Å². The summed E-state index contributed by atoms with van der Waals surface area (Å²) in [5.74, 6) is -2.08. The van der Waals surface area contributed by atoms with Crippen molar-refractivity contribution in [2.45, 2.75) is 25.6 Å². The van der Waals surface area contributed by atoms with Crippen molar-refractivity contribution < 1.29 is 17.6 Å². The van der Waals surface area contributed by atoms with E-state index in [2.05, 4.69) is 4.98 Å². The van der Waals surface area contributed by atoms with Crippen molar-refractivity contribution >= 4 is 5.82 Å². The highest BCUT2D eigenvalue weighted by Gasteiger charge is 2.42. The maximum absolute atomic E-state index is 14.0. The van der Waals surface area contributed by atoms with Crippen LogP contribution in [0.3, 0.4) is 0 Å². The number of nitrogens with two attached hydrogens (primary N) is 1. The fourth-order valence-corrected chi connectivity index (χ4v) is 2.29. The number of alkyl halides is 3. The minimum Gasteiger partial charge on any atom is -0.354 e. The Morgan fingerprint density at radius 1 is 1.42 bits per heavy atom. The predicted octanol–water partition coefficient (Wildman–Crippen LogP) is 2.46. The molecule has 3 nitrogen and oxygen atoms in total. The van der Waals surface area contributed by atoms with Crippen molar-refractivity contribution in [3.05, 3.63) is 23.6 Å². The maximum atomic E-state index is 14.0. The Hall–Kier alpha value is -1.37. The number of nitrogens with zero attached hydrogens (tertiary/aromatic N) is 2. The molecule has 2 rings (SSSR count). The first-order valence-electron chi connectivity index (χ1n) is 6.08. The average molecular weight is 277 g/mol. The van der Waals surface area contributed by atoms with Crippen LogP contribution in [0.1, 0.15) is 18.4 Å². The highest BCUT2D eigenvalue weighted by molar-refractivity contribution is 5.43. The Labute approximate surface area is 108 Å². The average Bonchev–Trinajstić information content (AvgIpc) is 2.38. The molecular formula is C12H15F4N3. The van der Waals surface area contributed by atoms with Gasteiger partial charge in [-0.2, -0.15) is 13.2 Å². The summed E-state index contributed by atoms with van der Waals surface area (Å²) in [5.41, 5.74) is 5.64. The van der Waals surface area contributed by atoms with Crippen LogP contribution in [-0.2, 0) is 6.54 Å². The molecule has 0 radical (unpaired) electrons. The lowest BCUT2D eigenvalue weighted by Crippen LogP contribution is -2.42. The molecule has 106 valence electrons. The van der Waals surface area contributed by atoms with E-state index < -0.39 is 17.9 Å². The number of anilines is 1. The van der Waals surface area contributed by atoms with E-state index in [1.54, 1.807) is 0 Å². The Morgan fingerprint density at radius 2 is 2.16 bits per heavy atom. The minimum absolute atomic E-state index is 0.00209. The first kappa shape index (κ1) is 14.0. The molecule has 0 saturated carbocycles. The summed E-state index contributed by atoms with van der Waals surface area (Å²) in [5, 5.41) is 0. The molecule has 0 aromatic carbocycles. The second-order valence-electron chi connectivity index (χ2n) is 4.64. The first-order valence-corrected chi connectivity index (χ1v) is 6.08. The molecule has 7 heteroatoms. The lowest BCUT2D eigenvalue weighted by Gasteiger charge is -2.34. The second kappa shape index (κ2) is 5.32. The van der Waals surface area contributed by atoms with Crippen molar-refractivity contribution in [3.8, 4) is 0 Å². The molecule has 0 bridgehead atoms. The quantitative estimate of drug-likeness (QED) is 0.844. The summed E-state index contributed by atoms with van der Waals surface area (Å²) in [7, 11) is 0. The third-order valence-electron chi connectivity index (χ3n) is 3.35. The van der Waals surface area contributed by atoms with Gasteiger partial charge in [0.25, 0.3) is 0 Å². The van der Waals surface area contributed by atoms with E-state index in [1.165, 1.54) is 17.2 Å². The zero-order valence-corrected chi connectivity index (χ0v) is 10.3. The number of hydrogen-bond donors (Lipinski definition) is 1. The van der Waals surface area contributed by atoms with Gasteiger partial charge in [0.1, 0.15) is 0 Å². The van der Waals surface area contributed by atoms with Crippen molar-refractivity contribution in [1.29, 1.82) is 0 Å². The van der Waals surface area contributed by atoms with Crippen molar-refractivity contribution in [1.82, 2.24) is 4.98 Å². The van der Waals surface area contributed by atoms with Gasteiger partial charge in [-0.15, -0.1) is 0 Å². The number of hydrogen-bond acceptors (Lipinski definition) is 3. The van der Waals surface area contributed by atoms with Gasteiger partial charge >= 0.3 is 6.18 Å². The molecule has 1 aliphatic heterocycles. The van der Waals surface area contributed by atoms with Gasteiger partial charge in [-0.05, 0) is 18.9 Å². The van der Waals surface area contributed by atoms with Crippen LogP contribution in [0.25, 0.3) is 0 Å². The van der Waals surface area contributed by atoms with Gasteiger partial charge in [0, 0.05) is 31.4 Å². The Morgan fingerprint density at radius 3 is 2.79 bits per heavy atom. The molecule has 0 amide bonds. The number of halogens is 4. The molecule has 2 N–H and O–H groups in total. The third kappa shape index (κ3) is 2.97. The molecule has 1 aliphatic rings. The Balaban J connectivity index is 2.22. The highest BCUT2D eigenvalue weighted by atomic mass is 19.4. The van der Waals surface area contributed by atoms with E-state index in [-0.39, 0.29) is 30.9 Å². The molecule has 1 aromatic rings. The SMILES string of the molecule is NCc1ccnc(N2CCCC(C(F)(F)F)C2)c1F. The van der Waals surface area contributed by atoms with E-state index in [0.717, 1.165) is 0 Å². The van der Waals surface area contributed by atoms with Crippen LogP contribution in [0.15, 0.2) is 12.3 Å². The van der Waals surface area contributed by atoms with Gasteiger partial charge in [-0.1, -0.05) is 0 Å². The summed E-state index contributed by atoms with van der Waals surface area (Å²) >= 11 is 0. The molecule has 1 saturated heterocycles. The second-order valence-corrected chi connectivity index (χ2v) is 4.64. The Bertz CT molecular complexity index is 447. The first-order chi connectivity index (χ1) is 8.93. The van der Waals surface area contributed by atoms with E-state index >= 15 is 0 Å². The topological polar surface area (TPSA) is 42.1 Å². The van der Waals surface area contributed by atoms with Gasteiger partial charge in [0.05, 0.1) is 5.92 Å². The molecule has 1 atom stereocenters. The summed E-state index contributed by atoms with van der Waals surface area (Å²) < 4.78 is 52.2. The van der Waals surface area contributed by atoms with E-state index in [4.69, 9.17) is 5.73 Å². The van der Waals surface area contributed by atoms with Crippen LogP contribution in [-0.4, -0.2) is 24.2 Å². The molecule has 19 heavy (non-hydrogen) atoms. The zero-order valence-electron chi connectivity index (χ0n) is 10.3. The van der Waals surface area contributed by atoms with Gasteiger partial charge in [0.2, 0.25) is 0 Å². The van der Waals surface area contributed by atoms with Crippen LogP contribution >= 0.6 is 0 Å². The molecule has 0 spiro atoms. The highest BCUT2D eigenvalue weighted by Crippen LogP contribution is 2.35. The Kier molecular flexibility index (Phi) is 3.93. The van der Waals surface area contributed by atoms with Gasteiger partial charge in [-0.3, -0.25) is 0 Å². The normalized spacial score (nSPS) is 20.7. The standard InChI is InChI=1S/C12H15F4N3/c13-10-8(6-17)3-4-18-11(10)19-5-1-2-9(7-19)12(14,15)16/h3-4,9H,1-2,5-7,17H2.